The second-order valence-corrected chi connectivity index (χ2v) is 12.1. The molecular formula is C31H46N4O7S. The van der Waals surface area contributed by atoms with E-state index in [1.165, 1.54) is 24.8 Å². The first kappa shape index (κ1) is 37.4. The van der Waals surface area contributed by atoms with Crippen molar-refractivity contribution < 1.29 is 33.4 Å². The number of rotatable bonds is 15. The van der Waals surface area contributed by atoms with Gasteiger partial charge < -0.3 is 25.4 Å². The molecule has 0 radical (unpaired) electrons. The number of ketones is 1. The molecular weight excluding hydrogens is 572 g/mol. The molecule has 12 heteroatoms. The molecule has 0 unspecified atom stereocenters. The van der Waals surface area contributed by atoms with Crippen LogP contribution in [0.1, 0.15) is 90.8 Å². The lowest BCUT2D eigenvalue weighted by Gasteiger charge is -2.24. The molecule has 1 rings (SSSR count). The fourth-order valence-corrected chi connectivity index (χ4v) is 4.08. The number of hydrogen-bond donors (Lipinski definition) is 3. The van der Waals surface area contributed by atoms with Gasteiger partial charge in [-0.2, -0.15) is 0 Å². The highest BCUT2D eigenvalue weighted by atomic mass is 32.2. The van der Waals surface area contributed by atoms with Crippen LogP contribution in [0.2, 0.25) is 0 Å². The van der Waals surface area contributed by atoms with Crippen LogP contribution in [0.15, 0.2) is 41.0 Å². The van der Waals surface area contributed by atoms with Crippen molar-refractivity contribution in [1.82, 2.24) is 20.9 Å². The Hall–Kier alpha value is -3.67. The summed E-state index contributed by atoms with van der Waals surface area (Å²) in [5.41, 5.74) is -0.299. The van der Waals surface area contributed by atoms with Crippen LogP contribution in [-0.2, 0) is 30.4 Å². The van der Waals surface area contributed by atoms with E-state index in [1.54, 1.807) is 59.8 Å². The van der Waals surface area contributed by atoms with E-state index in [0.717, 1.165) is 17.7 Å². The molecule has 0 spiro atoms. The van der Waals surface area contributed by atoms with Crippen molar-refractivity contribution in [1.29, 1.82) is 0 Å². The maximum absolute atomic E-state index is 13.2. The van der Waals surface area contributed by atoms with Crippen LogP contribution in [0.3, 0.4) is 0 Å². The molecule has 2 atom stereocenters. The van der Waals surface area contributed by atoms with Gasteiger partial charge >= 0.3 is 12.1 Å². The number of nitrogens with one attached hydrogen (secondary N) is 3. The lowest BCUT2D eigenvalue weighted by Crippen LogP contribution is -2.48. The number of allylic oxidation sites excluding steroid dienone is 2. The van der Waals surface area contributed by atoms with Crippen LogP contribution in [-0.4, -0.2) is 58.6 Å². The fourth-order valence-electron chi connectivity index (χ4n) is 3.59. The number of esters is 1. The molecule has 0 aromatic carbocycles. The van der Waals surface area contributed by atoms with Gasteiger partial charge in [0.15, 0.2) is 0 Å². The van der Waals surface area contributed by atoms with Gasteiger partial charge in [0.2, 0.25) is 0 Å². The third kappa shape index (κ3) is 14.4. The molecule has 238 valence electrons. The third-order valence-corrected chi connectivity index (χ3v) is 6.39. The van der Waals surface area contributed by atoms with Gasteiger partial charge in [0.1, 0.15) is 34.9 Å². The average molecular weight is 619 g/mol. The summed E-state index contributed by atoms with van der Waals surface area (Å²) in [4.78, 5) is 68.2. The van der Waals surface area contributed by atoms with E-state index in [2.05, 4.69) is 20.9 Å². The molecule has 1 heterocycles. The first-order valence-corrected chi connectivity index (χ1v) is 15.5. The van der Waals surface area contributed by atoms with E-state index in [9.17, 15) is 24.0 Å². The molecule has 1 aromatic rings. The summed E-state index contributed by atoms with van der Waals surface area (Å²) in [5.74, 6) is -2.50. The minimum Gasteiger partial charge on any atom is -0.456 e. The molecule has 0 aliphatic rings. The number of unbranched alkanes of at least 4 members (excludes halogenated alkanes) is 1. The van der Waals surface area contributed by atoms with E-state index in [4.69, 9.17) is 9.47 Å². The maximum atomic E-state index is 13.2. The van der Waals surface area contributed by atoms with Crippen LogP contribution < -0.4 is 16.0 Å². The van der Waals surface area contributed by atoms with Crippen molar-refractivity contribution in [3.8, 4) is 0 Å². The van der Waals surface area contributed by atoms with Crippen molar-refractivity contribution in [2.45, 2.75) is 104 Å². The van der Waals surface area contributed by atoms with Gasteiger partial charge in [-0.05, 0) is 71.4 Å². The molecule has 3 N–H and O–H groups in total. The summed E-state index contributed by atoms with van der Waals surface area (Å²) in [6, 6.07) is 2.27. The largest absolute Gasteiger partial charge is 0.456 e. The summed E-state index contributed by atoms with van der Waals surface area (Å²) < 4.78 is 10.8. The number of alkyl carbamates (subject to hydrolysis) is 1. The highest BCUT2D eigenvalue weighted by molar-refractivity contribution is 7.98. The van der Waals surface area contributed by atoms with E-state index in [-0.39, 0.29) is 36.1 Å². The highest BCUT2D eigenvalue weighted by Crippen LogP contribution is 2.18. The van der Waals surface area contributed by atoms with E-state index in [0.29, 0.717) is 5.69 Å². The fraction of sp³-hybridized carbons (Fsp3) is 0.548. The lowest BCUT2D eigenvalue weighted by molar-refractivity contribution is -0.152. The van der Waals surface area contributed by atoms with Gasteiger partial charge in [-0.25, -0.2) is 14.6 Å². The number of amides is 3. The Bertz CT molecular complexity index is 1210. The molecule has 0 fully saturated rings. The molecule has 0 aliphatic heterocycles. The molecule has 1 aromatic heterocycles. The van der Waals surface area contributed by atoms with E-state index in [1.807, 2.05) is 19.3 Å². The van der Waals surface area contributed by atoms with Gasteiger partial charge in [0.05, 0.1) is 12.2 Å². The summed E-state index contributed by atoms with van der Waals surface area (Å²) in [6.45, 7) is 13.8. The number of ether oxygens (including phenoxy) is 2. The number of Topliss-reactive ketones (excluding diaryl/α,β-unsaturated/α-hetero) is 1. The Morgan fingerprint density at radius 3 is 2.33 bits per heavy atom. The molecule has 43 heavy (non-hydrogen) atoms. The minimum atomic E-state index is -1.03. The number of carbonyl (C=O) groups excluding carboxylic acids is 5. The maximum Gasteiger partial charge on any atom is 0.407 e. The Labute approximate surface area is 259 Å². The normalized spacial score (nSPS) is 13.3. The summed E-state index contributed by atoms with van der Waals surface area (Å²) in [6.07, 6.45) is 7.12. The zero-order valence-electron chi connectivity index (χ0n) is 26.7. The number of pyridine rings is 1. The first-order valence-electron chi connectivity index (χ1n) is 14.3. The SMILES string of the molecule is C/C=C(\NC(=O)c1cc(SC)cc(CNC(=O)OC(C)(C)C)n1)C(=O)N[C@H](C(=O)O[C@H](/C=C/CCC)CC(C)=O)C(C)C. The second-order valence-electron chi connectivity index (χ2n) is 11.2. The number of carbonyl (C=O) groups is 5. The topological polar surface area (TPSA) is 153 Å². The van der Waals surface area contributed by atoms with Crippen LogP contribution in [0.5, 0.6) is 0 Å². The van der Waals surface area contributed by atoms with E-state index < -0.39 is 41.6 Å². The standard InChI is InChI=1S/C31H46N4O7S/c1-10-12-13-14-22(15-20(5)36)41-29(39)26(19(3)4)35-27(37)24(11-2)34-28(38)25-17-23(43-9)16-21(33-25)18-32-30(40)42-31(6,7)8/h11,13-14,16-17,19,22,26H,10,12,15,18H2,1-9H3,(H,32,40)(H,34,38)(H,35,37)/b14-13+,24-11-/t22-,26+/m1/s1. The van der Waals surface area contributed by atoms with Gasteiger partial charge in [0.25, 0.3) is 11.8 Å². The molecule has 3 amide bonds. The van der Waals surface area contributed by atoms with Gasteiger partial charge in [0, 0.05) is 11.3 Å². The minimum absolute atomic E-state index is 0.0248. The van der Waals surface area contributed by atoms with E-state index >= 15 is 0 Å². The Balaban J connectivity index is 3.03. The monoisotopic (exact) mass is 618 g/mol. The summed E-state index contributed by atoms with van der Waals surface area (Å²) in [7, 11) is 0. The van der Waals surface area contributed by atoms with Crippen LogP contribution in [0.25, 0.3) is 0 Å². The quantitative estimate of drug-likeness (QED) is 0.108. The summed E-state index contributed by atoms with van der Waals surface area (Å²) >= 11 is 1.38. The Morgan fingerprint density at radius 2 is 1.79 bits per heavy atom. The molecule has 0 bridgehead atoms. The van der Waals surface area contributed by atoms with Crippen molar-refractivity contribution >= 4 is 41.4 Å². The van der Waals surface area contributed by atoms with Crippen molar-refractivity contribution in [2.24, 2.45) is 5.92 Å². The number of aromatic nitrogens is 1. The predicted octanol–water partition coefficient (Wildman–Crippen LogP) is 4.85. The van der Waals surface area contributed by atoms with Crippen molar-refractivity contribution in [3.05, 3.63) is 47.4 Å². The summed E-state index contributed by atoms with van der Waals surface area (Å²) in [5, 5.41) is 7.82. The van der Waals surface area contributed by atoms with Gasteiger partial charge in [-0.1, -0.05) is 39.3 Å². The first-order chi connectivity index (χ1) is 20.1. The Kier molecular flexibility index (Phi) is 15.7. The van der Waals surface area contributed by atoms with Crippen LogP contribution >= 0.6 is 11.8 Å². The van der Waals surface area contributed by atoms with Crippen LogP contribution in [0.4, 0.5) is 4.79 Å². The molecule has 0 saturated carbocycles. The zero-order chi connectivity index (χ0) is 32.7. The number of nitrogens with zero attached hydrogens (tertiary/aromatic N) is 1. The second kappa shape index (κ2) is 18.1. The number of hydrogen-bond acceptors (Lipinski definition) is 9. The van der Waals surface area contributed by atoms with Crippen molar-refractivity contribution in [3.63, 3.8) is 0 Å². The van der Waals surface area contributed by atoms with Crippen molar-refractivity contribution in [2.75, 3.05) is 6.26 Å². The lowest BCUT2D eigenvalue weighted by atomic mass is 10.0. The van der Waals surface area contributed by atoms with Crippen LogP contribution in [0, 0.1) is 5.92 Å². The molecule has 0 saturated heterocycles. The predicted molar refractivity (Wildman–Crippen MR) is 166 cm³/mol. The smallest absolute Gasteiger partial charge is 0.407 e. The van der Waals surface area contributed by atoms with Gasteiger partial charge in [-0.3, -0.25) is 14.4 Å². The Morgan fingerprint density at radius 1 is 1.12 bits per heavy atom. The molecule has 0 aliphatic carbocycles. The van der Waals surface area contributed by atoms with Gasteiger partial charge in [-0.15, -0.1) is 11.8 Å². The zero-order valence-corrected chi connectivity index (χ0v) is 27.5. The highest BCUT2D eigenvalue weighted by Gasteiger charge is 2.29. The number of thioether (sulfide) groups is 1. The third-order valence-electron chi connectivity index (χ3n) is 5.68. The molecule has 11 nitrogen and oxygen atoms in total. The average Bonchev–Trinajstić information content (AvgIpc) is 2.91.